The summed E-state index contributed by atoms with van der Waals surface area (Å²) >= 11 is 0. The molecule has 3 aliphatic rings. The molecule has 0 aromatic heterocycles. The summed E-state index contributed by atoms with van der Waals surface area (Å²) in [6.07, 6.45) is -0.152. The van der Waals surface area contributed by atoms with Crippen molar-refractivity contribution in [2.24, 2.45) is 5.41 Å². The standard InChI is InChI=1S/C6H13NO2.C5H11NO2.C5H11NO.CH4/c1-7-2-6(3-7,4-8)5-9;1-6-2-4(7)5(8)3-6;1-6-3-2-5(7)4-6;/h8-9H,2-5H2,1H3;4-5,7-8H,2-3H2,1H3;5,7H,2-4H2,1H3;1H4. The maximum Gasteiger partial charge on any atom is 0.0938 e. The molecule has 0 bridgehead atoms. The van der Waals surface area contributed by atoms with E-state index in [1.165, 1.54) is 0 Å². The van der Waals surface area contributed by atoms with E-state index in [-0.39, 0.29) is 32.2 Å². The molecule has 8 heteroatoms. The van der Waals surface area contributed by atoms with Crippen LogP contribution >= 0.6 is 0 Å². The van der Waals surface area contributed by atoms with Gasteiger partial charge in [0.05, 0.1) is 31.5 Å². The molecule has 0 aromatic carbocycles. The molecule has 5 N–H and O–H groups in total. The number of aliphatic hydroxyl groups excluding tert-OH is 5. The second-order valence-corrected chi connectivity index (χ2v) is 7.55. The van der Waals surface area contributed by atoms with Crippen LogP contribution in [0.5, 0.6) is 0 Å². The SMILES string of the molecule is C.CN1CC(CO)(CO)C1.CN1CC(O)C(O)C1.CN1CCC(O)C1. The van der Waals surface area contributed by atoms with Gasteiger partial charge in [0.25, 0.3) is 0 Å². The second kappa shape index (κ2) is 11.4. The average Bonchev–Trinajstić information content (AvgIpc) is 3.01. The van der Waals surface area contributed by atoms with Crippen LogP contribution in [-0.4, -0.2) is 132 Å². The minimum absolute atomic E-state index is 0. The lowest BCUT2D eigenvalue weighted by Gasteiger charge is -2.46. The van der Waals surface area contributed by atoms with Crippen LogP contribution in [0.2, 0.25) is 0 Å². The Bertz CT molecular complexity index is 331. The first-order chi connectivity index (χ1) is 11.2. The Labute approximate surface area is 152 Å². The molecule has 0 spiro atoms. The van der Waals surface area contributed by atoms with Crippen molar-refractivity contribution >= 4 is 0 Å². The highest BCUT2D eigenvalue weighted by Crippen LogP contribution is 2.26. The van der Waals surface area contributed by atoms with Crippen molar-refractivity contribution in [2.75, 3.05) is 73.6 Å². The fourth-order valence-electron chi connectivity index (χ4n) is 3.22. The molecular weight excluding hydrogens is 326 g/mol. The van der Waals surface area contributed by atoms with Gasteiger partial charge in [-0.3, -0.25) is 0 Å². The van der Waals surface area contributed by atoms with Gasteiger partial charge in [0.1, 0.15) is 0 Å². The molecule has 25 heavy (non-hydrogen) atoms. The third-order valence-corrected chi connectivity index (χ3v) is 4.69. The van der Waals surface area contributed by atoms with Crippen LogP contribution < -0.4 is 0 Å². The van der Waals surface area contributed by atoms with Gasteiger partial charge in [-0.25, -0.2) is 0 Å². The molecule has 0 amide bonds. The lowest BCUT2D eigenvalue weighted by molar-refractivity contribution is -0.0622. The molecule has 0 radical (unpaired) electrons. The highest BCUT2D eigenvalue weighted by Gasteiger charge is 2.39. The Morgan fingerprint density at radius 2 is 1.28 bits per heavy atom. The van der Waals surface area contributed by atoms with Crippen LogP contribution in [0, 0.1) is 5.41 Å². The Morgan fingerprint density at radius 1 is 0.800 bits per heavy atom. The third kappa shape index (κ3) is 8.27. The van der Waals surface area contributed by atoms with Gasteiger partial charge in [-0.2, -0.15) is 0 Å². The molecule has 3 saturated heterocycles. The Morgan fingerprint density at radius 3 is 1.40 bits per heavy atom. The van der Waals surface area contributed by atoms with Crippen LogP contribution in [-0.2, 0) is 0 Å². The van der Waals surface area contributed by atoms with Gasteiger partial charge in [-0.15, -0.1) is 0 Å². The quantitative estimate of drug-likeness (QED) is 0.378. The van der Waals surface area contributed by atoms with Gasteiger partial charge in [0, 0.05) is 44.7 Å². The monoisotopic (exact) mass is 365 g/mol. The van der Waals surface area contributed by atoms with E-state index >= 15 is 0 Å². The number of aliphatic hydroxyl groups is 5. The molecule has 3 heterocycles. The normalized spacial score (nSPS) is 31.9. The summed E-state index contributed by atoms with van der Waals surface area (Å²) in [5.74, 6) is 0. The van der Waals surface area contributed by atoms with Crippen molar-refractivity contribution in [3.05, 3.63) is 0 Å². The first-order valence-corrected chi connectivity index (χ1v) is 8.53. The number of likely N-dealkylation sites (N-methyl/N-ethyl adjacent to an activating group) is 2. The lowest BCUT2D eigenvalue weighted by atomic mass is 9.82. The van der Waals surface area contributed by atoms with Gasteiger partial charge in [-0.1, -0.05) is 7.43 Å². The van der Waals surface area contributed by atoms with Crippen molar-refractivity contribution in [1.29, 1.82) is 0 Å². The zero-order valence-electron chi connectivity index (χ0n) is 15.2. The minimum Gasteiger partial charge on any atom is -0.396 e. The second-order valence-electron chi connectivity index (χ2n) is 7.55. The number of β-amino-alcohol motifs (C(OH)–C–C–N with tert-alkyl or cyclic N) is 3. The fourth-order valence-corrected chi connectivity index (χ4v) is 3.22. The molecule has 3 rings (SSSR count). The van der Waals surface area contributed by atoms with Crippen molar-refractivity contribution in [1.82, 2.24) is 14.7 Å². The molecular formula is C17H39N3O5. The summed E-state index contributed by atoms with van der Waals surface area (Å²) in [5, 5.41) is 44.1. The summed E-state index contributed by atoms with van der Waals surface area (Å²) in [6.45, 7) is 4.96. The van der Waals surface area contributed by atoms with Crippen molar-refractivity contribution in [3.63, 3.8) is 0 Å². The fraction of sp³-hybridized carbons (Fsp3) is 1.00. The number of hydrogen-bond acceptors (Lipinski definition) is 8. The largest absolute Gasteiger partial charge is 0.396 e. The molecule has 3 aliphatic heterocycles. The Hall–Kier alpha value is -0.320. The van der Waals surface area contributed by atoms with Crippen LogP contribution in [0.3, 0.4) is 0 Å². The number of rotatable bonds is 2. The molecule has 3 atom stereocenters. The molecule has 0 aromatic rings. The molecule has 0 saturated carbocycles. The van der Waals surface area contributed by atoms with Gasteiger partial charge < -0.3 is 40.2 Å². The van der Waals surface area contributed by atoms with Crippen LogP contribution in [0.1, 0.15) is 13.8 Å². The van der Waals surface area contributed by atoms with E-state index in [0.29, 0.717) is 13.1 Å². The van der Waals surface area contributed by atoms with Crippen LogP contribution in [0.15, 0.2) is 0 Å². The number of likely N-dealkylation sites (tertiary alicyclic amines) is 3. The van der Waals surface area contributed by atoms with E-state index in [1.54, 1.807) is 0 Å². The minimum atomic E-state index is -0.528. The van der Waals surface area contributed by atoms with Gasteiger partial charge in [0.2, 0.25) is 0 Å². The molecule has 0 aliphatic carbocycles. The smallest absolute Gasteiger partial charge is 0.0938 e. The number of nitrogens with zero attached hydrogens (tertiary/aromatic N) is 3. The maximum absolute atomic E-state index is 8.88. The maximum atomic E-state index is 8.88. The van der Waals surface area contributed by atoms with Gasteiger partial charge in [-0.05, 0) is 27.6 Å². The van der Waals surface area contributed by atoms with E-state index in [2.05, 4.69) is 9.80 Å². The van der Waals surface area contributed by atoms with Gasteiger partial charge >= 0.3 is 0 Å². The number of hydrogen-bond donors (Lipinski definition) is 5. The van der Waals surface area contributed by atoms with E-state index in [0.717, 1.165) is 32.6 Å². The third-order valence-electron chi connectivity index (χ3n) is 4.69. The van der Waals surface area contributed by atoms with Gasteiger partial charge in [0.15, 0.2) is 0 Å². The zero-order chi connectivity index (χ0) is 18.3. The molecule has 3 unspecified atom stereocenters. The van der Waals surface area contributed by atoms with E-state index in [9.17, 15) is 0 Å². The summed E-state index contributed by atoms with van der Waals surface area (Å²) in [4.78, 5) is 6.10. The van der Waals surface area contributed by atoms with Crippen LogP contribution in [0.4, 0.5) is 0 Å². The highest BCUT2D eigenvalue weighted by molar-refractivity contribution is 4.92. The van der Waals surface area contributed by atoms with Crippen molar-refractivity contribution in [3.8, 4) is 0 Å². The summed E-state index contributed by atoms with van der Waals surface area (Å²) in [7, 11) is 5.87. The van der Waals surface area contributed by atoms with Crippen molar-refractivity contribution < 1.29 is 25.5 Å². The Kier molecular flexibility index (Phi) is 11.3. The average molecular weight is 366 g/mol. The first-order valence-electron chi connectivity index (χ1n) is 8.53. The lowest BCUT2D eigenvalue weighted by Crippen LogP contribution is -2.58. The predicted molar refractivity (Wildman–Crippen MR) is 98.5 cm³/mol. The predicted octanol–water partition coefficient (Wildman–Crippen LogP) is -2.12. The zero-order valence-corrected chi connectivity index (χ0v) is 15.2. The topological polar surface area (TPSA) is 111 Å². The summed E-state index contributed by atoms with van der Waals surface area (Å²) in [6, 6.07) is 0. The molecule has 3 fully saturated rings. The molecule has 152 valence electrons. The highest BCUT2D eigenvalue weighted by atomic mass is 16.3. The summed E-state index contributed by atoms with van der Waals surface area (Å²) in [5.41, 5.74) is -0.186. The van der Waals surface area contributed by atoms with Crippen molar-refractivity contribution in [2.45, 2.75) is 32.2 Å². The Balaban J connectivity index is 0.000000341. The molecule has 8 nitrogen and oxygen atoms in total. The van der Waals surface area contributed by atoms with E-state index < -0.39 is 12.2 Å². The van der Waals surface area contributed by atoms with E-state index in [4.69, 9.17) is 25.5 Å². The van der Waals surface area contributed by atoms with Crippen LogP contribution in [0.25, 0.3) is 0 Å². The van der Waals surface area contributed by atoms with E-state index in [1.807, 2.05) is 26.0 Å². The first kappa shape index (κ1) is 24.7. The summed E-state index contributed by atoms with van der Waals surface area (Å²) < 4.78 is 0.